The van der Waals surface area contributed by atoms with Gasteiger partial charge in [0.1, 0.15) is 0 Å². The van der Waals surface area contributed by atoms with E-state index in [-0.39, 0.29) is 5.97 Å². The number of carbonyl (C=O) groups excluding carboxylic acids is 1. The van der Waals surface area contributed by atoms with Crippen LogP contribution in [0.1, 0.15) is 64.7 Å². The van der Waals surface area contributed by atoms with Crippen LogP contribution in [0.5, 0.6) is 0 Å². The van der Waals surface area contributed by atoms with Gasteiger partial charge < -0.3 is 4.74 Å². The second kappa shape index (κ2) is 8.84. The lowest BCUT2D eigenvalue weighted by molar-refractivity contribution is -0.141. The Morgan fingerprint density at radius 1 is 1.17 bits per heavy atom. The van der Waals surface area contributed by atoms with E-state index in [2.05, 4.69) is 6.92 Å². The normalized spacial score (nSPS) is 16.6. The van der Waals surface area contributed by atoms with Crippen LogP contribution in [-0.2, 0) is 9.53 Å². The summed E-state index contributed by atoms with van der Waals surface area (Å²) in [5.74, 6) is 2.37. The van der Waals surface area contributed by atoms with Crippen LogP contribution < -0.4 is 0 Å². The number of esters is 1. The Bertz CT molecular complexity index is 237. The Kier molecular flexibility index (Phi) is 7.80. The maximum atomic E-state index is 11.3. The fourth-order valence-corrected chi connectivity index (χ4v) is 3.58. The molecule has 0 heterocycles. The first-order valence-corrected chi connectivity index (χ1v) is 8.52. The number of carbonyl (C=O) groups is 1. The molecule has 0 amide bonds. The summed E-state index contributed by atoms with van der Waals surface area (Å²) in [5, 5.41) is 0. The standard InChI is InChI=1S/C15H28O2S/c1-3-4-5-6-7-8-11-18-13-15(9-10-15)12-14(16)17-2/h3-13H2,1-2H3. The van der Waals surface area contributed by atoms with Crippen molar-refractivity contribution in [3.05, 3.63) is 0 Å². The zero-order valence-corrected chi connectivity index (χ0v) is 12.8. The number of ether oxygens (including phenoxy) is 1. The average molecular weight is 272 g/mol. The first kappa shape index (κ1) is 15.9. The lowest BCUT2D eigenvalue weighted by Crippen LogP contribution is -2.13. The Balaban J connectivity index is 1.93. The molecular formula is C15H28O2S. The molecule has 0 bridgehead atoms. The topological polar surface area (TPSA) is 26.3 Å². The predicted octanol–water partition coefficient (Wildman–Crippen LogP) is 4.42. The van der Waals surface area contributed by atoms with Crippen LogP contribution in [-0.4, -0.2) is 24.6 Å². The number of rotatable bonds is 11. The number of hydrogen-bond acceptors (Lipinski definition) is 3. The molecule has 0 radical (unpaired) electrons. The molecule has 0 atom stereocenters. The monoisotopic (exact) mass is 272 g/mol. The van der Waals surface area contributed by atoms with Gasteiger partial charge in [-0.1, -0.05) is 39.0 Å². The molecule has 0 unspecified atom stereocenters. The van der Waals surface area contributed by atoms with Crippen molar-refractivity contribution >= 4 is 17.7 Å². The molecule has 1 rings (SSSR count). The molecule has 1 saturated carbocycles. The smallest absolute Gasteiger partial charge is 0.306 e. The van der Waals surface area contributed by atoms with Crippen LogP contribution in [0.4, 0.5) is 0 Å². The van der Waals surface area contributed by atoms with E-state index < -0.39 is 0 Å². The van der Waals surface area contributed by atoms with Gasteiger partial charge in [-0.3, -0.25) is 4.79 Å². The zero-order chi connectivity index (χ0) is 13.3. The fraction of sp³-hybridized carbons (Fsp3) is 0.933. The van der Waals surface area contributed by atoms with Crippen LogP contribution in [0.15, 0.2) is 0 Å². The van der Waals surface area contributed by atoms with Gasteiger partial charge >= 0.3 is 5.97 Å². The van der Waals surface area contributed by atoms with Crippen molar-refractivity contribution in [1.29, 1.82) is 0 Å². The van der Waals surface area contributed by atoms with E-state index in [4.69, 9.17) is 4.74 Å². The first-order valence-electron chi connectivity index (χ1n) is 7.37. The molecule has 0 aromatic carbocycles. The summed E-state index contributed by atoms with van der Waals surface area (Å²) < 4.78 is 4.76. The third-order valence-corrected chi connectivity index (χ3v) is 5.15. The van der Waals surface area contributed by atoms with Gasteiger partial charge in [0, 0.05) is 0 Å². The van der Waals surface area contributed by atoms with Crippen LogP contribution >= 0.6 is 11.8 Å². The highest BCUT2D eigenvalue weighted by Crippen LogP contribution is 2.51. The van der Waals surface area contributed by atoms with Crippen LogP contribution in [0.25, 0.3) is 0 Å². The molecule has 2 nitrogen and oxygen atoms in total. The summed E-state index contributed by atoms with van der Waals surface area (Å²) in [5.41, 5.74) is 0.306. The summed E-state index contributed by atoms with van der Waals surface area (Å²) in [6.45, 7) is 2.26. The van der Waals surface area contributed by atoms with Crippen molar-refractivity contribution < 1.29 is 9.53 Å². The summed E-state index contributed by atoms with van der Waals surface area (Å²) in [4.78, 5) is 11.3. The van der Waals surface area contributed by atoms with Gasteiger partial charge in [-0.2, -0.15) is 11.8 Å². The number of methoxy groups -OCH3 is 1. The molecule has 3 heteroatoms. The molecule has 1 aliphatic rings. The predicted molar refractivity (Wildman–Crippen MR) is 79.0 cm³/mol. The molecular weight excluding hydrogens is 244 g/mol. The van der Waals surface area contributed by atoms with Gasteiger partial charge in [0.05, 0.1) is 13.5 Å². The summed E-state index contributed by atoms with van der Waals surface area (Å²) in [6.07, 6.45) is 11.3. The summed E-state index contributed by atoms with van der Waals surface area (Å²) >= 11 is 2.03. The molecule has 0 saturated heterocycles. The Morgan fingerprint density at radius 2 is 1.83 bits per heavy atom. The maximum Gasteiger partial charge on any atom is 0.306 e. The van der Waals surface area contributed by atoms with E-state index in [1.807, 2.05) is 11.8 Å². The van der Waals surface area contributed by atoms with Crippen molar-refractivity contribution in [3.63, 3.8) is 0 Å². The average Bonchev–Trinajstić information content (AvgIpc) is 3.12. The molecule has 0 aromatic rings. The van der Waals surface area contributed by atoms with Crippen molar-refractivity contribution in [2.75, 3.05) is 18.6 Å². The van der Waals surface area contributed by atoms with Gasteiger partial charge in [0.15, 0.2) is 0 Å². The van der Waals surface area contributed by atoms with Crippen molar-refractivity contribution in [2.45, 2.75) is 64.7 Å². The summed E-state index contributed by atoms with van der Waals surface area (Å²) in [7, 11) is 1.49. The third kappa shape index (κ3) is 6.67. The number of thioether (sulfide) groups is 1. The lowest BCUT2D eigenvalue weighted by Gasteiger charge is -2.12. The fourth-order valence-electron chi connectivity index (χ4n) is 2.20. The number of unbranched alkanes of at least 4 members (excludes halogenated alkanes) is 5. The van der Waals surface area contributed by atoms with Crippen LogP contribution in [0.3, 0.4) is 0 Å². The molecule has 106 valence electrons. The third-order valence-electron chi connectivity index (χ3n) is 3.75. The second-order valence-corrected chi connectivity index (χ2v) is 6.68. The minimum atomic E-state index is -0.0346. The molecule has 0 aromatic heterocycles. The minimum absolute atomic E-state index is 0.0346. The molecule has 0 aliphatic heterocycles. The maximum absolute atomic E-state index is 11.3. The van der Waals surface area contributed by atoms with E-state index in [1.165, 1.54) is 64.2 Å². The summed E-state index contributed by atoms with van der Waals surface area (Å²) in [6, 6.07) is 0. The number of hydrogen-bond donors (Lipinski definition) is 0. The Hall–Kier alpha value is -0.180. The van der Waals surface area contributed by atoms with E-state index >= 15 is 0 Å². The van der Waals surface area contributed by atoms with Crippen LogP contribution in [0.2, 0.25) is 0 Å². The van der Waals surface area contributed by atoms with E-state index in [0.29, 0.717) is 11.8 Å². The molecule has 0 N–H and O–H groups in total. The largest absolute Gasteiger partial charge is 0.469 e. The molecule has 1 fully saturated rings. The first-order chi connectivity index (χ1) is 8.72. The van der Waals surface area contributed by atoms with Gasteiger partial charge in [-0.15, -0.1) is 0 Å². The van der Waals surface area contributed by atoms with E-state index in [1.54, 1.807) is 0 Å². The van der Waals surface area contributed by atoms with Gasteiger partial charge in [-0.25, -0.2) is 0 Å². The molecule has 1 aliphatic carbocycles. The van der Waals surface area contributed by atoms with Crippen molar-refractivity contribution in [3.8, 4) is 0 Å². The molecule has 18 heavy (non-hydrogen) atoms. The highest BCUT2D eigenvalue weighted by Gasteiger charge is 2.44. The minimum Gasteiger partial charge on any atom is -0.469 e. The van der Waals surface area contributed by atoms with Gasteiger partial charge in [0.25, 0.3) is 0 Å². The Morgan fingerprint density at radius 3 is 2.44 bits per heavy atom. The molecule has 0 spiro atoms. The van der Waals surface area contributed by atoms with Gasteiger partial charge in [0.2, 0.25) is 0 Å². The second-order valence-electron chi connectivity index (χ2n) is 5.57. The van der Waals surface area contributed by atoms with E-state index in [9.17, 15) is 4.79 Å². The highest BCUT2D eigenvalue weighted by molar-refractivity contribution is 7.99. The Labute approximate surface area is 116 Å². The SMILES string of the molecule is CCCCCCCCSCC1(CC(=O)OC)CC1. The van der Waals surface area contributed by atoms with Crippen LogP contribution in [0, 0.1) is 5.41 Å². The van der Waals surface area contributed by atoms with Gasteiger partial charge in [-0.05, 0) is 36.2 Å². The van der Waals surface area contributed by atoms with Crippen molar-refractivity contribution in [1.82, 2.24) is 0 Å². The highest BCUT2D eigenvalue weighted by atomic mass is 32.2. The quantitative estimate of drug-likeness (QED) is 0.411. The zero-order valence-electron chi connectivity index (χ0n) is 12.0. The van der Waals surface area contributed by atoms with Crippen molar-refractivity contribution in [2.24, 2.45) is 5.41 Å². The van der Waals surface area contributed by atoms with E-state index in [0.717, 1.165) is 5.75 Å². The lowest BCUT2D eigenvalue weighted by atomic mass is 10.1.